The summed E-state index contributed by atoms with van der Waals surface area (Å²) in [6.07, 6.45) is 2.72. The summed E-state index contributed by atoms with van der Waals surface area (Å²) in [5, 5.41) is 9.55. The van der Waals surface area contributed by atoms with Crippen molar-refractivity contribution >= 4 is 5.91 Å². The number of nitrogens with zero attached hydrogens (tertiary/aromatic N) is 1. The fourth-order valence-corrected chi connectivity index (χ4v) is 2.35. The van der Waals surface area contributed by atoms with Gasteiger partial charge in [0.1, 0.15) is 5.75 Å². The van der Waals surface area contributed by atoms with Gasteiger partial charge in [0.2, 0.25) is 5.91 Å². The summed E-state index contributed by atoms with van der Waals surface area (Å²) in [5.74, 6) is 0.199. The Morgan fingerprint density at radius 2 is 2.10 bits per heavy atom. The van der Waals surface area contributed by atoms with E-state index in [0.29, 0.717) is 6.54 Å². The van der Waals surface area contributed by atoms with Gasteiger partial charge in [-0.3, -0.25) is 4.79 Å². The summed E-state index contributed by atoms with van der Waals surface area (Å²) in [7, 11) is 0. The molecule has 1 amide bonds. The molecule has 1 aromatic carbocycles. The largest absolute Gasteiger partial charge is 0.508 e. The number of carbonyl (C=O) groups is 1. The number of phenolic OH excluding ortho intramolecular Hbond substituents is 1. The molecule has 4 heteroatoms. The molecule has 0 fully saturated rings. The Morgan fingerprint density at radius 1 is 1.40 bits per heavy atom. The van der Waals surface area contributed by atoms with Gasteiger partial charge in [-0.2, -0.15) is 0 Å². The molecular formula is C16H26N2O2. The van der Waals surface area contributed by atoms with Crippen molar-refractivity contribution in [3.63, 3.8) is 0 Å². The Labute approximate surface area is 121 Å². The lowest BCUT2D eigenvalue weighted by atomic mass is 10.0. The number of hydrogen-bond acceptors (Lipinski definition) is 3. The summed E-state index contributed by atoms with van der Waals surface area (Å²) in [5.41, 5.74) is 6.90. The Kier molecular flexibility index (Phi) is 6.52. The molecule has 1 unspecified atom stereocenters. The van der Waals surface area contributed by atoms with Gasteiger partial charge < -0.3 is 15.7 Å². The van der Waals surface area contributed by atoms with Gasteiger partial charge in [0.25, 0.3) is 0 Å². The van der Waals surface area contributed by atoms with Crippen molar-refractivity contribution in [2.45, 2.75) is 52.1 Å². The lowest BCUT2D eigenvalue weighted by molar-refractivity contribution is -0.134. The zero-order valence-corrected chi connectivity index (χ0v) is 12.7. The fraction of sp³-hybridized carbons (Fsp3) is 0.562. The van der Waals surface area contributed by atoms with E-state index in [-0.39, 0.29) is 17.7 Å². The molecule has 0 aliphatic rings. The van der Waals surface area contributed by atoms with Crippen molar-refractivity contribution in [2.75, 3.05) is 6.54 Å². The van der Waals surface area contributed by atoms with Crippen LogP contribution < -0.4 is 5.73 Å². The number of unbranched alkanes of at least 4 members (excludes halogenated alkanes) is 1. The number of phenols is 1. The first-order chi connectivity index (χ1) is 9.51. The Bertz CT molecular complexity index is 434. The number of aromatic hydroxyl groups is 1. The van der Waals surface area contributed by atoms with Crippen LogP contribution in [0.1, 0.15) is 51.6 Å². The van der Waals surface area contributed by atoms with Crippen LogP contribution in [-0.4, -0.2) is 28.5 Å². The van der Waals surface area contributed by atoms with E-state index in [2.05, 4.69) is 6.92 Å². The zero-order chi connectivity index (χ0) is 15.1. The van der Waals surface area contributed by atoms with Crippen molar-refractivity contribution in [2.24, 2.45) is 5.73 Å². The van der Waals surface area contributed by atoms with E-state index >= 15 is 0 Å². The Morgan fingerprint density at radius 3 is 2.65 bits per heavy atom. The summed E-state index contributed by atoms with van der Waals surface area (Å²) >= 11 is 0. The van der Waals surface area contributed by atoms with E-state index in [9.17, 15) is 9.90 Å². The molecule has 2 atom stereocenters. The van der Waals surface area contributed by atoms with Gasteiger partial charge >= 0.3 is 0 Å². The Hall–Kier alpha value is -1.55. The summed E-state index contributed by atoms with van der Waals surface area (Å²) < 4.78 is 0. The average molecular weight is 278 g/mol. The highest BCUT2D eigenvalue weighted by molar-refractivity contribution is 5.82. The van der Waals surface area contributed by atoms with E-state index in [1.54, 1.807) is 23.1 Å². The molecule has 0 aliphatic heterocycles. The smallest absolute Gasteiger partial charge is 0.239 e. The van der Waals surface area contributed by atoms with Crippen LogP contribution in [0.3, 0.4) is 0 Å². The van der Waals surface area contributed by atoms with Crippen LogP contribution >= 0.6 is 0 Å². The molecule has 3 N–H and O–H groups in total. The van der Waals surface area contributed by atoms with Crippen LogP contribution in [0.15, 0.2) is 24.3 Å². The van der Waals surface area contributed by atoms with Gasteiger partial charge in [0, 0.05) is 6.54 Å². The number of carbonyl (C=O) groups excluding carboxylic acids is 1. The van der Waals surface area contributed by atoms with Gasteiger partial charge in [-0.1, -0.05) is 31.9 Å². The quantitative estimate of drug-likeness (QED) is 0.806. The number of likely N-dealkylation sites (N-methyl/N-ethyl adjacent to an activating group) is 1. The van der Waals surface area contributed by atoms with Crippen LogP contribution in [-0.2, 0) is 4.79 Å². The maximum absolute atomic E-state index is 12.4. The molecule has 1 rings (SSSR count). The molecule has 0 saturated carbocycles. The molecular weight excluding hydrogens is 252 g/mol. The van der Waals surface area contributed by atoms with Gasteiger partial charge in [-0.15, -0.1) is 0 Å². The lowest BCUT2D eigenvalue weighted by Gasteiger charge is -2.30. The maximum Gasteiger partial charge on any atom is 0.239 e. The third kappa shape index (κ3) is 4.23. The Balaban J connectivity index is 2.81. The van der Waals surface area contributed by atoms with E-state index in [1.807, 2.05) is 19.9 Å². The predicted octanol–water partition coefficient (Wildman–Crippen LogP) is 2.82. The molecule has 4 nitrogen and oxygen atoms in total. The SMILES string of the molecule is CCCC[C@H](N)C(=O)N(CC)C(C)c1cccc(O)c1. The normalized spacial score (nSPS) is 13.8. The standard InChI is InChI=1S/C16H26N2O2/c1-4-6-10-15(17)16(20)18(5-2)12(3)13-8-7-9-14(19)11-13/h7-9,11-12,15,19H,4-6,10,17H2,1-3H3/t12?,15-/m0/s1. The summed E-state index contributed by atoms with van der Waals surface area (Å²) in [6.45, 7) is 6.60. The molecule has 0 aromatic heterocycles. The van der Waals surface area contributed by atoms with Crippen molar-refractivity contribution in [1.82, 2.24) is 4.90 Å². The number of benzene rings is 1. The molecule has 0 heterocycles. The van der Waals surface area contributed by atoms with Gasteiger partial charge in [0.15, 0.2) is 0 Å². The second-order valence-electron chi connectivity index (χ2n) is 5.14. The highest BCUT2D eigenvalue weighted by Gasteiger charge is 2.24. The third-order valence-corrected chi connectivity index (χ3v) is 3.63. The second-order valence-corrected chi connectivity index (χ2v) is 5.14. The van der Waals surface area contributed by atoms with Crippen LogP contribution in [0.25, 0.3) is 0 Å². The van der Waals surface area contributed by atoms with E-state index < -0.39 is 6.04 Å². The number of nitrogens with two attached hydrogens (primary N) is 1. The number of amides is 1. The first-order valence-corrected chi connectivity index (χ1v) is 7.36. The van der Waals surface area contributed by atoms with Gasteiger partial charge in [-0.05, 0) is 38.0 Å². The van der Waals surface area contributed by atoms with Crippen LogP contribution in [0.5, 0.6) is 5.75 Å². The van der Waals surface area contributed by atoms with Crippen molar-refractivity contribution in [3.05, 3.63) is 29.8 Å². The molecule has 0 radical (unpaired) electrons. The molecule has 20 heavy (non-hydrogen) atoms. The molecule has 112 valence electrons. The maximum atomic E-state index is 12.4. The van der Waals surface area contributed by atoms with E-state index in [0.717, 1.165) is 24.8 Å². The third-order valence-electron chi connectivity index (χ3n) is 3.63. The highest BCUT2D eigenvalue weighted by Crippen LogP contribution is 2.24. The minimum Gasteiger partial charge on any atom is -0.508 e. The highest BCUT2D eigenvalue weighted by atomic mass is 16.3. The molecule has 0 aliphatic carbocycles. The second kappa shape index (κ2) is 7.90. The summed E-state index contributed by atoms with van der Waals surface area (Å²) in [4.78, 5) is 14.2. The van der Waals surface area contributed by atoms with E-state index in [4.69, 9.17) is 5.73 Å². The number of hydrogen-bond donors (Lipinski definition) is 2. The number of rotatable bonds is 7. The first-order valence-electron chi connectivity index (χ1n) is 7.36. The molecule has 0 spiro atoms. The summed E-state index contributed by atoms with van der Waals surface area (Å²) in [6, 6.07) is 6.50. The molecule has 1 aromatic rings. The van der Waals surface area contributed by atoms with E-state index in [1.165, 1.54) is 0 Å². The average Bonchev–Trinajstić information content (AvgIpc) is 2.45. The van der Waals surface area contributed by atoms with Crippen LogP contribution in [0, 0.1) is 0 Å². The van der Waals surface area contributed by atoms with Gasteiger partial charge in [0.05, 0.1) is 12.1 Å². The van der Waals surface area contributed by atoms with Crippen LogP contribution in [0.2, 0.25) is 0 Å². The van der Waals surface area contributed by atoms with Crippen LogP contribution in [0.4, 0.5) is 0 Å². The van der Waals surface area contributed by atoms with Crippen molar-refractivity contribution < 1.29 is 9.90 Å². The fourth-order valence-electron chi connectivity index (χ4n) is 2.35. The lowest BCUT2D eigenvalue weighted by Crippen LogP contribution is -2.44. The zero-order valence-electron chi connectivity index (χ0n) is 12.7. The molecule has 0 bridgehead atoms. The first kappa shape index (κ1) is 16.5. The minimum atomic E-state index is -0.436. The van der Waals surface area contributed by atoms with Crippen molar-refractivity contribution in [3.8, 4) is 5.75 Å². The molecule has 0 saturated heterocycles. The van der Waals surface area contributed by atoms with Crippen molar-refractivity contribution in [1.29, 1.82) is 0 Å². The van der Waals surface area contributed by atoms with Gasteiger partial charge in [-0.25, -0.2) is 0 Å². The predicted molar refractivity (Wildman–Crippen MR) is 81.4 cm³/mol. The monoisotopic (exact) mass is 278 g/mol. The topological polar surface area (TPSA) is 66.6 Å². The minimum absolute atomic E-state index is 0.0169.